The van der Waals surface area contributed by atoms with E-state index in [9.17, 15) is 4.79 Å². The van der Waals surface area contributed by atoms with Crippen LogP contribution < -0.4 is 15.5 Å². The summed E-state index contributed by atoms with van der Waals surface area (Å²) >= 11 is 1.66. The van der Waals surface area contributed by atoms with E-state index in [1.54, 1.807) is 23.3 Å². The highest BCUT2D eigenvalue weighted by Crippen LogP contribution is 2.36. The van der Waals surface area contributed by atoms with Crippen LogP contribution in [0, 0.1) is 6.92 Å². The van der Waals surface area contributed by atoms with Crippen LogP contribution in [-0.4, -0.2) is 25.0 Å². The molecule has 5 nitrogen and oxygen atoms in total. The molecule has 1 aromatic carbocycles. The Balaban J connectivity index is 1.88. The zero-order valence-electron chi connectivity index (χ0n) is 12.3. The van der Waals surface area contributed by atoms with Gasteiger partial charge in [-0.25, -0.2) is 4.98 Å². The van der Waals surface area contributed by atoms with E-state index in [4.69, 9.17) is 5.73 Å². The van der Waals surface area contributed by atoms with Gasteiger partial charge in [-0.2, -0.15) is 0 Å². The van der Waals surface area contributed by atoms with E-state index >= 15 is 0 Å². The van der Waals surface area contributed by atoms with Crippen molar-refractivity contribution in [2.45, 2.75) is 19.5 Å². The van der Waals surface area contributed by atoms with E-state index in [0.29, 0.717) is 0 Å². The quantitative estimate of drug-likeness (QED) is 0.943. The third-order valence-electron chi connectivity index (χ3n) is 3.97. The van der Waals surface area contributed by atoms with E-state index < -0.39 is 6.04 Å². The second kappa shape index (κ2) is 5.13. The van der Waals surface area contributed by atoms with Crippen LogP contribution in [0.2, 0.25) is 0 Å². The van der Waals surface area contributed by atoms with Crippen LogP contribution in [0.25, 0.3) is 0 Å². The molecule has 0 spiro atoms. The number of nitrogens with two attached hydrogens (primary N) is 1. The number of benzene rings is 1. The Labute approximate surface area is 128 Å². The number of amides is 1. The van der Waals surface area contributed by atoms with Crippen molar-refractivity contribution in [1.29, 1.82) is 0 Å². The van der Waals surface area contributed by atoms with Crippen molar-refractivity contribution in [2.75, 3.05) is 23.9 Å². The van der Waals surface area contributed by atoms with Gasteiger partial charge in [0.25, 0.3) is 0 Å². The minimum atomic E-state index is -0.534. The van der Waals surface area contributed by atoms with E-state index in [1.807, 2.05) is 37.7 Å². The Hall–Kier alpha value is -1.92. The number of thiazole rings is 1. The smallest absolute Gasteiger partial charge is 0.248 e. The van der Waals surface area contributed by atoms with Gasteiger partial charge in [-0.05, 0) is 19.1 Å². The van der Waals surface area contributed by atoms with E-state index in [2.05, 4.69) is 9.88 Å². The molecule has 0 radical (unpaired) electrons. The number of rotatable bonds is 3. The van der Waals surface area contributed by atoms with Gasteiger partial charge in [0.15, 0.2) is 0 Å². The number of anilines is 2. The van der Waals surface area contributed by atoms with Gasteiger partial charge in [-0.1, -0.05) is 6.07 Å². The average Bonchev–Trinajstić information content (AvgIpc) is 2.97. The van der Waals surface area contributed by atoms with Crippen molar-refractivity contribution < 1.29 is 4.79 Å². The second-order valence-electron chi connectivity index (χ2n) is 5.34. The number of nitrogens with zero attached hydrogens (tertiary/aromatic N) is 3. The van der Waals surface area contributed by atoms with Gasteiger partial charge < -0.3 is 15.5 Å². The summed E-state index contributed by atoms with van der Waals surface area (Å²) in [6, 6.07) is 5.46. The zero-order valence-corrected chi connectivity index (χ0v) is 13.1. The number of hydrogen-bond donors (Lipinski definition) is 1. The first kappa shape index (κ1) is 14.0. The molecule has 1 aromatic heterocycles. The SMILES string of the molecule is Cc1ncsc1CN(C)c1ccc2c(c1)N(C)C(=O)C2N. The molecule has 110 valence electrons. The van der Waals surface area contributed by atoms with Gasteiger partial charge in [-0.15, -0.1) is 11.3 Å². The first-order valence-electron chi connectivity index (χ1n) is 6.76. The number of fused-ring (bicyclic) bond motifs is 1. The molecule has 2 heterocycles. The van der Waals surface area contributed by atoms with Gasteiger partial charge in [0.05, 0.1) is 23.4 Å². The molecule has 1 amide bonds. The lowest BCUT2D eigenvalue weighted by molar-refractivity contribution is -0.118. The molecule has 6 heteroatoms. The maximum absolute atomic E-state index is 11.9. The Kier molecular flexibility index (Phi) is 3.43. The molecule has 1 unspecified atom stereocenters. The first-order chi connectivity index (χ1) is 9.99. The number of aromatic nitrogens is 1. The molecule has 1 atom stereocenters. The Bertz CT molecular complexity index is 697. The van der Waals surface area contributed by atoms with Crippen LogP contribution in [0.1, 0.15) is 22.2 Å². The van der Waals surface area contributed by atoms with Gasteiger partial charge in [-0.3, -0.25) is 4.79 Å². The predicted octanol–water partition coefficient (Wildman–Crippen LogP) is 2.06. The fourth-order valence-electron chi connectivity index (χ4n) is 2.57. The normalized spacial score (nSPS) is 17.2. The van der Waals surface area contributed by atoms with Crippen molar-refractivity contribution >= 4 is 28.6 Å². The zero-order chi connectivity index (χ0) is 15.1. The van der Waals surface area contributed by atoms with Gasteiger partial charge in [0.1, 0.15) is 6.04 Å². The first-order valence-corrected chi connectivity index (χ1v) is 7.64. The second-order valence-corrected chi connectivity index (χ2v) is 6.27. The summed E-state index contributed by atoms with van der Waals surface area (Å²) in [5.74, 6) is -0.0527. The highest BCUT2D eigenvalue weighted by molar-refractivity contribution is 7.09. The molecule has 0 saturated heterocycles. The topological polar surface area (TPSA) is 62.5 Å². The molecule has 2 aromatic rings. The van der Waals surface area contributed by atoms with Crippen LogP contribution >= 0.6 is 11.3 Å². The predicted molar refractivity (Wildman–Crippen MR) is 85.7 cm³/mol. The van der Waals surface area contributed by atoms with Crippen molar-refractivity contribution in [3.63, 3.8) is 0 Å². The minimum absolute atomic E-state index is 0.0527. The molecule has 1 aliphatic rings. The van der Waals surface area contributed by atoms with E-state index in [0.717, 1.165) is 29.2 Å². The van der Waals surface area contributed by atoms with Crippen molar-refractivity contribution in [1.82, 2.24) is 4.98 Å². The molecule has 21 heavy (non-hydrogen) atoms. The molecule has 0 aliphatic carbocycles. The van der Waals surface area contributed by atoms with Gasteiger partial charge in [0.2, 0.25) is 5.91 Å². The number of hydrogen-bond acceptors (Lipinski definition) is 5. The average molecular weight is 302 g/mol. The maximum Gasteiger partial charge on any atom is 0.248 e. The number of carbonyl (C=O) groups excluding carboxylic acids is 1. The minimum Gasteiger partial charge on any atom is -0.369 e. The van der Waals surface area contributed by atoms with Gasteiger partial charge in [0, 0.05) is 30.2 Å². The molecule has 2 N–H and O–H groups in total. The van der Waals surface area contributed by atoms with E-state index in [1.165, 1.54) is 4.88 Å². The molecule has 1 aliphatic heterocycles. The van der Waals surface area contributed by atoms with E-state index in [-0.39, 0.29) is 5.91 Å². The van der Waals surface area contributed by atoms with Gasteiger partial charge >= 0.3 is 0 Å². The molecule has 0 saturated carbocycles. The number of carbonyl (C=O) groups is 1. The Morgan fingerprint density at radius 1 is 1.48 bits per heavy atom. The monoisotopic (exact) mass is 302 g/mol. The highest BCUT2D eigenvalue weighted by Gasteiger charge is 2.32. The van der Waals surface area contributed by atoms with Crippen LogP contribution in [-0.2, 0) is 11.3 Å². The fourth-order valence-corrected chi connectivity index (χ4v) is 3.40. The Morgan fingerprint density at radius 3 is 2.90 bits per heavy atom. The van der Waals surface area contributed by atoms with Crippen molar-refractivity contribution in [3.05, 3.63) is 39.8 Å². The third kappa shape index (κ3) is 2.30. The molecule has 0 fully saturated rings. The summed E-state index contributed by atoms with van der Waals surface area (Å²) in [4.78, 5) is 21.2. The van der Waals surface area contributed by atoms with Crippen LogP contribution in [0.3, 0.4) is 0 Å². The largest absolute Gasteiger partial charge is 0.369 e. The lowest BCUT2D eigenvalue weighted by Crippen LogP contribution is -2.27. The molecule has 3 rings (SSSR count). The van der Waals surface area contributed by atoms with Crippen molar-refractivity contribution in [2.24, 2.45) is 5.73 Å². The lowest BCUT2D eigenvalue weighted by atomic mass is 10.1. The third-order valence-corrected chi connectivity index (χ3v) is 4.89. The maximum atomic E-state index is 11.9. The fraction of sp³-hybridized carbons (Fsp3) is 0.333. The molecular weight excluding hydrogens is 284 g/mol. The molecular formula is C15H18N4OS. The van der Waals surface area contributed by atoms with Crippen LogP contribution in [0.15, 0.2) is 23.7 Å². The summed E-state index contributed by atoms with van der Waals surface area (Å²) in [6.07, 6.45) is 0. The molecule has 0 bridgehead atoms. The van der Waals surface area contributed by atoms with Crippen LogP contribution in [0.4, 0.5) is 11.4 Å². The summed E-state index contributed by atoms with van der Waals surface area (Å²) in [5, 5.41) is 0. The number of likely N-dealkylation sites (N-methyl/N-ethyl adjacent to an activating group) is 1. The lowest BCUT2D eigenvalue weighted by Gasteiger charge is -2.20. The van der Waals surface area contributed by atoms with Crippen molar-refractivity contribution in [3.8, 4) is 0 Å². The highest BCUT2D eigenvalue weighted by atomic mass is 32.1. The summed E-state index contributed by atoms with van der Waals surface area (Å²) in [5.41, 5.74) is 11.7. The Morgan fingerprint density at radius 2 is 2.24 bits per heavy atom. The summed E-state index contributed by atoms with van der Waals surface area (Å²) in [6.45, 7) is 2.83. The standard InChI is InChI=1S/C15H18N4OS/c1-9-13(21-8-17-9)7-18(2)10-4-5-11-12(6-10)19(3)15(20)14(11)16/h4-6,8,14H,7,16H2,1-3H3. The summed E-state index contributed by atoms with van der Waals surface area (Å²) in [7, 11) is 3.81. The number of aryl methyl sites for hydroxylation is 1. The van der Waals surface area contributed by atoms with Crippen LogP contribution in [0.5, 0.6) is 0 Å². The summed E-state index contributed by atoms with van der Waals surface area (Å²) < 4.78 is 0.